The lowest BCUT2D eigenvalue weighted by Gasteiger charge is -2.22. The van der Waals surface area contributed by atoms with Crippen molar-refractivity contribution in [3.8, 4) is 0 Å². The highest BCUT2D eigenvalue weighted by molar-refractivity contribution is 5.97. The number of hydrogen-bond acceptors (Lipinski definition) is 3. The number of likely N-dealkylation sites (tertiary alicyclic amines) is 1. The maximum Gasteiger partial charge on any atom is 0.321 e. The minimum atomic E-state index is -0.0521. The zero-order valence-corrected chi connectivity index (χ0v) is 14.7. The van der Waals surface area contributed by atoms with Gasteiger partial charge in [-0.2, -0.15) is 0 Å². The van der Waals surface area contributed by atoms with Crippen LogP contribution in [-0.2, 0) is 4.79 Å². The quantitative estimate of drug-likeness (QED) is 0.925. The molecule has 0 aliphatic carbocycles. The van der Waals surface area contributed by atoms with Gasteiger partial charge in [-0.05, 0) is 57.6 Å². The third-order valence-corrected chi connectivity index (χ3v) is 4.99. The first-order valence-corrected chi connectivity index (χ1v) is 8.59. The molecule has 1 aromatic carbocycles. The fraction of sp³-hybridized carbons (Fsp3) is 0.556. The number of likely N-dealkylation sites (N-methyl/N-ethyl adjacent to an activating group) is 1. The molecule has 6 heteroatoms. The number of rotatable bonds is 3. The third-order valence-electron chi connectivity index (χ3n) is 4.99. The van der Waals surface area contributed by atoms with Crippen molar-refractivity contribution in [1.29, 1.82) is 0 Å². The standard InChI is InChI=1S/C18H26N4O2/c1-13-11-14(6-7-16(13)22-9-4-5-17(22)23)19-18(24)21-10-8-15(12-21)20(2)3/h6-7,11,15H,4-5,8-10,12H2,1-3H3,(H,19,24)/t15-/m0/s1. The molecule has 2 aliphatic rings. The number of nitrogens with zero attached hydrogens (tertiary/aromatic N) is 3. The lowest BCUT2D eigenvalue weighted by Crippen LogP contribution is -2.36. The number of hydrogen-bond donors (Lipinski definition) is 1. The summed E-state index contributed by atoms with van der Waals surface area (Å²) < 4.78 is 0. The van der Waals surface area contributed by atoms with Crippen LogP contribution in [0.3, 0.4) is 0 Å². The number of anilines is 2. The van der Waals surface area contributed by atoms with E-state index in [1.165, 1.54) is 0 Å². The summed E-state index contributed by atoms with van der Waals surface area (Å²) in [6.07, 6.45) is 2.55. The molecule has 2 saturated heterocycles. The van der Waals surface area contributed by atoms with E-state index in [-0.39, 0.29) is 11.9 Å². The first-order valence-electron chi connectivity index (χ1n) is 8.59. The molecule has 2 fully saturated rings. The van der Waals surface area contributed by atoms with E-state index < -0.39 is 0 Å². The van der Waals surface area contributed by atoms with Gasteiger partial charge in [0.2, 0.25) is 5.91 Å². The molecule has 0 aromatic heterocycles. The van der Waals surface area contributed by atoms with Crippen LogP contribution in [0.2, 0.25) is 0 Å². The van der Waals surface area contributed by atoms with Gasteiger partial charge in [-0.3, -0.25) is 4.79 Å². The van der Waals surface area contributed by atoms with Gasteiger partial charge < -0.3 is 20.0 Å². The zero-order chi connectivity index (χ0) is 17.3. The number of aryl methyl sites for hydroxylation is 1. The van der Waals surface area contributed by atoms with Gasteiger partial charge in [0.15, 0.2) is 0 Å². The van der Waals surface area contributed by atoms with Crippen molar-refractivity contribution in [3.63, 3.8) is 0 Å². The minimum absolute atomic E-state index is 0.0521. The summed E-state index contributed by atoms with van der Waals surface area (Å²) in [4.78, 5) is 30.2. The SMILES string of the molecule is Cc1cc(NC(=O)N2CC[C@H](N(C)C)C2)ccc1N1CCCC1=O. The van der Waals surface area contributed by atoms with E-state index in [4.69, 9.17) is 0 Å². The maximum atomic E-state index is 12.4. The second-order valence-electron chi connectivity index (χ2n) is 6.93. The van der Waals surface area contributed by atoms with E-state index in [1.807, 2.05) is 49.0 Å². The first-order chi connectivity index (χ1) is 11.5. The fourth-order valence-corrected chi connectivity index (χ4v) is 3.49. The van der Waals surface area contributed by atoms with Crippen LogP contribution in [0, 0.1) is 6.92 Å². The Balaban J connectivity index is 1.65. The average Bonchev–Trinajstić information content (AvgIpc) is 3.17. The first kappa shape index (κ1) is 16.8. The predicted octanol–water partition coefficient (Wildman–Crippen LogP) is 2.29. The molecule has 2 aliphatic heterocycles. The molecule has 0 unspecified atom stereocenters. The van der Waals surface area contributed by atoms with Crippen LogP contribution in [0.5, 0.6) is 0 Å². The zero-order valence-electron chi connectivity index (χ0n) is 14.7. The van der Waals surface area contributed by atoms with Crippen molar-refractivity contribution in [2.75, 3.05) is 43.9 Å². The topological polar surface area (TPSA) is 55.9 Å². The number of benzene rings is 1. The third kappa shape index (κ3) is 3.38. The largest absolute Gasteiger partial charge is 0.323 e. The lowest BCUT2D eigenvalue weighted by molar-refractivity contribution is -0.117. The molecule has 0 saturated carbocycles. The van der Waals surface area contributed by atoms with Crippen molar-refractivity contribution >= 4 is 23.3 Å². The maximum absolute atomic E-state index is 12.4. The van der Waals surface area contributed by atoms with Gasteiger partial charge in [0.1, 0.15) is 0 Å². The van der Waals surface area contributed by atoms with Gasteiger partial charge in [0.05, 0.1) is 0 Å². The Morgan fingerprint density at radius 2 is 2.08 bits per heavy atom. The Kier molecular flexibility index (Phi) is 4.76. The van der Waals surface area contributed by atoms with Crippen molar-refractivity contribution < 1.29 is 9.59 Å². The summed E-state index contributed by atoms with van der Waals surface area (Å²) in [6, 6.07) is 6.13. The number of nitrogens with one attached hydrogen (secondary N) is 1. The van der Waals surface area contributed by atoms with E-state index in [9.17, 15) is 9.59 Å². The molecule has 0 radical (unpaired) electrons. The van der Waals surface area contributed by atoms with Crippen LogP contribution in [-0.4, -0.2) is 61.5 Å². The second-order valence-corrected chi connectivity index (χ2v) is 6.93. The van der Waals surface area contributed by atoms with Gasteiger partial charge in [-0.25, -0.2) is 4.79 Å². The summed E-state index contributed by atoms with van der Waals surface area (Å²) in [5.74, 6) is 0.182. The summed E-state index contributed by atoms with van der Waals surface area (Å²) in [5.41, 5.74) is 2.74. The molecular formula is C18H26N4O2. The van der Waals surface area contributed by atoms with Crippen LogP contribution in [0.4, 0.5) is 16.2 Å². The van der Waals surface area contributed by atoms with Crippen molar-refractivity contribution in [3.05, 3.63) is 23.8 Å². The van der Waals surface area contributed by atoms with Crippen LogP contribution in [0.1, 0.15) is 24.8 Å². The van der Waals surface area contributed by atoms with Crippen molar-refractivity contribution in [2.45, 2.75) is 32.2 Å². The highest BCUT2D eigenvalue weighted by Crippen LogP contribution is 2.27. The smallest absolute Gasteiger partial charge is 0.321 e. The molecule has 1 atom stereocenters. The number of carbonyl (C=O) groups excluding carboxylic acids is 2. The monoisotopic (exact) mass is 330 g/mol. The summed E-state index contributed by atoms with van der Waals surface area (Å²) in [5, 5.41) is 2.98. The molecular weight excluding hydrogens is 304 g/mol. The van der Waals surface area contributed by atoms with Crippen LogP contribution < -0.4 is 10.2 Å². The highest BCUT2D eigenvalue weighted by atomic mass is 16.2. The normalized spacial score (nSPS) is 21.0. The molecule has 2 heterocycles. The van der Waals surface area contributed by atoms with E-state index in [0.717, 1.165) is 49.4 Å². The Labute approximate surface area is 143 Å². The molecule has 0 bridgehead atoms. The minimum Gasteiger partial charge on any atom is -0.323 e. The number of amides is 3. The summed E-state index contributed by atoms with van der Waals surface area (Å²) >= 11 is 0. The molecule has 6 nitrogen and oxygen atoms in total. The van der Waals surface area contributed by atoms with Gasteiger partial charge in [-0.15, -0.1) is 0 Å². The van der Waals surface area contributed by atoms with E-state index in [2.05, 4.69) is 10.2 Å². The van der Waals surface area contributed by atoms with Crippen LogP contribution >= 0.6 is 0 Å². The molecule has 3 amide bonds. The Hall–Kier alpha value is -2.08. The van der Waals surface area contributed by atoms with Crippen molar-refractivity contribution in [1.82, 2.24) is 9.80 Å². The number of urea groups is 1. The van der Waals surface area contributed by atoms with Crippen molar-refractivity contribution in [2.24, 2.45) is 0 Å². The molecule has 1 N–H and O–H groups in total. The molecule has 24 heavy (non-hydrogen) atoms. The molecule has 3 rings (SSSR count). The Bertz CT molecular complexity index is 644. The van der Waals surface area contributed by atoms with Crippen LogP contribution in [0.25, 0.3) is 0 Å². The van der Waals surface area contributed by atoms with E-state index in [0.29, 0.717) is 12.5 Å². The molecule has 130 valence electrons. The van der Waals surface area contributed by atoms with E-state index >= 15 is 0 Å². The predicted molar refractivity (Wildman–Crippen MR) is 95.4 cm³/mol. The lowest BCUT2D eigenvalue weighted by atomic mass is 10.1. The van der Waals surface area contributed by atoms with Gasteiger partial charge >= 0.3 is 6.03 Å². The Morgan fingerprint density at radius 1 is 1.29 bits per heavy atom. The number of carbonyl (C=O) groups is 2. The molecule has 1 aromatic rings. The van der Waals surface area contributed by atoms with Crippen LogP contribution in [0.15, 0.2) is 18.2 Å². The fourth-order valence-electron chi connectivity index (χ4n) is 3.49. The summed E-state index contributed by atoms with van der Waals surface area (Å²) in [6.45, 7) is 4.31. The van der Waals surface area contributed by atoms with Gasteiger partial charge in [0.25, 0.3) is 0 Å². The second kappa shape index (κ2) is 6.81. The molecule has 0 spiro atoms. The average molecular weight is 330 g/mol. The van der Waals surface area contributed by atoms with Gasteiger partial charge in [-0.1, -0.05) is 0 Å². The van der Waals surface area contributed by atoms with Gasteiger partial charge in [0, 0.05) is 43.5 Å². The van der Waals surface area contributed by atoms with E-state index in [1.54, 1.807) is 0 Å². The summed E-state index contributed by atoms with van der Waals surface area (Å²) in [7, 11) is 4.10. The highest BCUT2D eigenvalue weighted by Gasteiger charge is 2.28. The Morgan fingerprint density at radius 3 is 2.67 bits per heavy atom.